The molecule has 0 heterocycles. The maximum absolute atomic E-state index is 9.70. The SMILES string of the molecule is CC(C)C(=O)O.O=[PH+]O. The lowest BCUT2D eigenvalue weighted by atomic mass is 10.2. The van der Waals surface area contributed by atoms with Crippen LogP contribution in [0.1, 0.15) is 13.8 Å². The highest BCUT2D eigenvalue weighted by molar-refractivity contribution is 7.16. The molecule has 1 unspecified atom stereocenters. The Morgan fingerprint density at radius 1 is 1.56 bits per heavy atom. The minimum Gasteiger partial charge on any atom is -0.481 e. The van der Waals surface area contributed by atoms with Crippen LogP contribution in [0.2, 0.25) is 0 Å². The van der Waals surface area contributed by atoms with E-state index < -0.39 is 14.7 Å². The van der Waals surface area contributed by atoms with Crippen molar-refractivity contribution in [1.29, 1.82) is 0 Å². The van der Waals surface area contributed by atoms with E-state index in [1.54, 1.807) is 13.8 Å². The van der Waals surface area contributed by atoms with Crippen molar-refractivity contribution in [3.05, 3.63) is 0 Å². The molecular weight excluding hydrogens is 143 g/mol. The van der Waals surface area contributed by atoms with Gasteiger partial charge >= 0.3 is 14.7 Å². The smallest absolute Gasteiger partial charge is 0.481 e. The van der Waals surface area contributed by atoms with Crippen LogP contribution in [0, 0.1) is 5.92 Å². The van der Waals surface area contributed by atoms with Crippen LogP contribution in [0.4, 0.5) is 0 Å². The summed E-state index contributed by atoms with van der Waals surface area (Å²) in [5.74, 6) is -0.972. The normalized spacial score (nSPS) is 8.44. The zero-order chi connectivity index (χ0) is 7.86. The molecule has 0 aliphatic rings. The van der Waals surface area contributed by atoms with Crippen molar-refractivity contribution >= 4 is 14.7 Å². The number of hydrogen-bond acceptors (Lipinski definition) is 2. The minimum atomic E-state index is -1.17. The molecule has 0 aromatic rings. The van der Waals surface area contributed by atoms with Crippen LogP contribution in [0.15, 0.2) is 0 Å². The average Bonchev–Trinajstić information content (AvgIpc) is 1.68. The number of aliphatic carboxylic acids is 1. The van der Waals surface area contributed by atoms with Gasteiger partial charge in [0.05, 0.1) is 5.92 Å². The summed E-state index contributed by atoms with van der Waals surface area (Å²) in [5, 5.41) is 7.99. The van der Waals surface area contributed by atoms with E-state index in [2.05, 4.69) is 0 Å². The quantitative estimate of drug-likeness (QED) is 0.542. The lowest BCUT2D eigenvalue weighted by Gasteiger charge is -1.89. The zero-order valence-corrected chi connectivity index (χ0v) is 6.29. The molecule has 5 heteroatoms. The lowest BCUT2D eigenvalue weighted by Crippen LogP contribution is -2.03. The van der Waals surface area contributed by atoms with E-state index in [0.29, 0.717) is 0 Å². The first kappa shape index (κ1) is 11.3. The summed E-state index contributed by atoms with van der Waals surface area (Å²) in [6, 6.07) is 0. The van der Waals surface area contributed by atoms with Crippen LogP contribution in [0.3, 0.4) is 0 Å². The monoisotopic (exact) mass is 153 g/mol. The Kier molecular flexibility index (Phi) is 9.49. The van der Waals surface area contributed by atoms with Gasteiger partial charge in [-0.05, 0) is 4.57 Å². The zero-order valence-electron chi connectivity index (χ0n) is 5.29. The van der Waals surface area contributed by atoms with Gasteiger partial charge in [-0.1, -0.05) is 13.8 Å². The molecule has 0 fully saturated rings. The van der Waals surface area contributed by atoms with Gasteiger partial charge in [-0.3, -0.25) is 4.79 Å². The van der Waals surface area contributed by atoms with Gasteiger partial charge in [0.2, 0.25) is 0 Å². The highest BCUT2D eigenvalue weighted by atomic mass is 31.1. The Balaban J connectivity index is 0. The molecule has 4 nitrogen and oxygen atoms in total. The van der Waals surface area contributed by atoms with Crippen molar-refractivity contribution in [3.8, 4) is 0 Å². The molecule has 0 aromatic carbocycles. The highest BCUT2D eigenvalue weighted by Gasteiger charge is 1.99. The minimum absolute atomic E-state index is 0.231. The number of rotatable bonds is 1. The Bertz CT molecular complexity index is 90.6. The van der Waals surface area contributed by atoms with Crippen molar-refractivity contribution in [1.82, 2.24) is 0 Å². The summed E-state index contributed by atoms with van der Waals surface area (Å²) in [6.45, 7) is 3.28. The summed E-state index contributed by atoms with van der Waals surface area (Å²) >= 11 is 0. The van der Waals surface area contributed by atoms with Crippen LogP contribution in [-0.2, 0) is 9.36 Å². The molecule has 9 heavy (non-hydrogen) atoms. The molecule has 0 aliphatic heterocycles. The Morgan fingerprint density at radius 3 is 1.67 bits per heavy atom. The predicted octanol–water partition coefficient (Wildman–Crippen LogP) is 0.645. The highest BCUT2D eigenvalue weighted by Crippen LogP contribution is 1.87. The van der Waals surface area contributed by atoms with E-state index in [-0.39, 0.29) is 5.92 Å². The van der Waals surface area contributed by atoms with E-state index in [1.165, 1.54) is 0 Å². The molecule has 0 spiro atoms. The number of carbonyl (C=O) groups is 1. The van der Waals surface area contributed by atoms with Crippen LogP contribution >= 0.6 is 8.69 Å². The van der Waals surface area contributed by atoms with E-state index in [4.69, 9.17) is 14.6 Å². The summed E-state index contributed by atoms with van der Waals surface area (Å²) < 4.78 is 8.51. The molecule has 0 saturated heterocycles. The molecule has 0 radical (unpaired) electrons. The number of carboxylic acids is 1. The standard InChI is InChI=1S/C4H8O2.HO2P/c1-3(2)4(5)6;1-3-2/h3H,1-2H3,(H,5,6);3H/p+1. The largest absolute Gasteiger partial charge is 0.491 e. The topological polar surface area (TPSA) is 74.6 Å². The second-order valence-electron chi connectivity index (χ2n) is 1.58. The Labute approximate surface area is 54.8 Å². The van der Waals surface area contributed by atoms with Crippen LogP contribution in [0.5, 0.6) is 0 Å². The second-order valence-corrected chi connectivity index (χ2v) is 1.77. The molecule has 1 atom stereocenters. The second kappa shape index (κ2) is 7.53. The Hall–Kier alpha value is -0.470. The van der Waals surface area contributed by atoms with Gasteiger partial charge in [-0.15, -0.1) is 0 Å². The van der Waals surface area contributed by atoms with Crippen molar-refractivity contribution < 1.29 is 19.4 Å². The lowest BCUT2D eigenvalue weighted by molar-refractivity contribution is -0.140. The van der Waals surface area contributed by atoms with Crippen LogP contribution in [0.25, 0.3) is 0 Å². The van der Waals surface area contributed by atoms with Gasteiger partial charge < -0.3 is 5.11 Å². The number of carboxylic acid groups (broad SMARTS) is 1. The third-order valence-corrected chi connectivity index (χ3v) is 0.494. The first-order valence-electron chi connectivity index (χ1n) is 2.30. The van der Waals surface area contributed by atoms with Gasteiger partial charge in [0, 0.05) is 0 Å². The van der Waals surface area contributed by atoms with Gasteiger partial charge in [0.25, 0.3) is 0 Å². The molecule has 0 saturated carbocycles. The van der Waals surface area contributed by atoms with Crippen molar-refractivity contribution in [3.63, 3.8) is 0 Å². The van der Waals surface area contributed by atoms with Gasteiger partial charge in [-0.25, -0.2) is 0 Å². The molecule has 54 valence electrons. The summed E-state index contributed by atoms with van der Waals surface area (Å²) in [5.41, 5.74) is 0. The Morgan fingerprint density at radius 2 is 1.67 bits per heavy atom. The average molecular weight is 153 g/mol. The fraction of sp³-hybridized carbons (Fsp3) is 0.750. The predicted molar refractivity (Wildman–Crippen MR) is 33.7 cm³/mol. The molecule has 0 amide bonds. The fourth-order valence-electron chi connectivity index (χ4n) is 0. The molecule has 0 bridgehead atoms. The maximum atomic E-state index is 9.70. The van der Waals surface area contributed by atoms with Gasteiger partial charge in [-0.2, -0.15) is 4.89 Å². The summed E-state index contributed by atoms with van der Waals surface area (Å²) in [4.78, 5) is 16.7. The fourth-order valence-corrected chi connectivity index (χ4v) is 0. The number of hydrogen-bond donors (Lipinski definition) is 2. The molecule has 0 aromatic heterocycles. The van der Waals surface area contributed by atoms with Crippen LogP contribution in [-0.4, -0.2) is 16.0 Å². The molecular formula is C4H10O4P+. The maximum Gasteiger partial charge on any atom is 0.491 e. The van der Waals surface area contributed by atoms with Gasteiger partial charge in [0.1, 0.15) is 0 Å². The first-order chi connectivity index (χ1) is 4.06. The summed E-state index contributed by atoms with van der Waals surface area (Å²) in [7, 11) is -1.17. The van der Waals surface area contributed by atoms with E-state index in [9.17, 15) is 4.79 Å². The summed E-state index contributed by atoms with van der Waals surface area (Å²) in [6.07, 6.45) is 0. The van der Waals surface area contributed by atoms with Gasteiger partial charge in [0.15, 0.2) is 0 Å². The first-order valence-corrected chi connectivity index (χ1v) is 3.15. The third kappa shape index (κ3) is 18.5. The van der Waals surface area contributed by atoms with E-state index in [1.807, 2.05) is 0 Å². The van der Waals surface area contributed by atoms with E-state index >= 15 is 0 Å². The third-order valence-electron chi connectivity index (χ3n) is 0.494. The van der Waals surface area contributed by atoms with Crippen molar-refractivity contribution in [2.24, 2.45) is 5.92 Å². The van der Waals surface area contributed by atoms with Crippen molar-refractivity contribution in [2.45, 2.75) is 13.8 Å². The van der Waals surface area contributed by atoms with Crippen molar-refractivity contribution in [2.75, 3.05) is 0 Å². The van der Waals surface area contributed by atoms with E-state index in [0.717, 1.165) is 0 Å². The molecule has 0 aliphatic carbocycles. The molecule has 0 rings (SSSR count). The van der Waals surface area contributed by atoms with Crippen LogP contribution < -0.4 is 0 Å². The molecule has 2 N–H and O–H groups in total.